The van der Waals surface area contributed by atoms with E-state index in [1.54, 1.807) is 18.5 Å². The molecule has 4 aromatic rings. The summed E-state index contributed by atoms with van der Waals surface area (Å²) >= 11 is 0. The van der Waals surface area contributed by atoms with E-state index in [1.165, 1.54) is 22.9 Å². The highest BCUT2D eigenvalue weighted by Crippen LogP contribution is 2.35. The second-order valence-electron chi connectivity index (χ2n) is 9.03. The van der Waals surface area contributed by atoms with Crippen LogP contribution in [0.5, 0.6) is 5.75 Å². The standard InChI is InChI=1S/C26H24F2N8O2/c1-38-22-9-17(12-32-24(22)35-7-5-26(27,28)15-35)13-36-14-20(21(10-29)34-36)25(37)33-11-16-2-3-19-18(8-16)4-6-31-23(19)30/h2-4,6,8-9,12,14H,5,7,11,13,15H2,1H3,(H2,30,31)(H,33,37). The summed E-state index contributed by atoms with van der Waals surface area (Å²) in [6.07, 6.45) is 4.42. The molecule has 0 spiro atoms. The summed E-state index contributed by atoms with van der Waals surface area (Å²) in [5.74, 6) is -2.06. The van der Waals surface area contributed by atoms with Crippen LogP contribution in [0.3, 0.4) is 0 Å². The summed E-state index contributed by atoms with van der Waals surface area (Å²) in [5.41, 5.74) is 7.54. The van der Waals surface area contributed by atoms with Crippen molar-refractivity contribution in [1.29, 1.82) is 5.26 Å². The molecular weight excluding hydrogens is 494 g/mol. The third kappa shape index (κ3) is 5.04. The molecule has 1 aliphatic heterocycles. The van der Waals surface area contributed by atoms with E-state index in [0.29, 0.717) is 22.9 Å². The van der Waals surface area contributed by atoms with E-state index in [4.69, 9.17) is 10.5 Å². The number of methoxy groups -OCH3 is 1. The molecule has 12 heteroatoms. The first-order valence-corrected chi connectivity index (χ1v) is 11.8. The van der Waals surface area contributed by atoms with E-state index in [2.05, 4.69) is 20.4 Å². The van der Waals surface area contributed by atoms with Crippen LogP contribution >= 0.6 is 0 Å². The highest BCUT2D eigenvalue weighted by atomic mass is 19.3. The van der Waals surface area contributed by atoms with Gasteiger partial charge in [-0.15, -0.1) is 0 Å². The molecule has 0 aliphatic carbocycles. The lowest BCUT2D eigenvalue weighted by Gasteiger charge is -2.20. The molecule has 10 nitrogen and oxygen atoms in total. The van der Waals surface area contributed by atoms with Crippen LogP contribution in [0.1, 0.15) is 33.6 Å². The fourth-order valence-electron chi connectivity index (χ4n) is 4.45. The molecule has 1 aromatic carbocycles. The predicted molar refractivity (Wildman–Crippen MR) is 136 cm³/mol. The van der Waals surface area contributed by atoms with Crippen molar-refractivity contribution in [2.45, 2.75) is 25.4 Å². The predicted octanol–water partition coefficient (Wildman–Crippen LogP) is 3.11. The molecule has 38 heavy (non-hydrogen) atoms. The van der Waals surface area contributed by atoms with Crippen LogP contribution in [0.15, 0.2) is 48.9 Å². The highest BCUT2D eigenvalue weighted by Gasteiger charge is 2.39. The lowest BCUT2D eigenvalue weighted by molar-refractivity contribution is 0.0256. The first-order valence-electron chi connectivity index (χ1n) is 11.8. The number of benzene rings is 1. The van der Waals surface area contributed by atoms with E-state index in [0.717, 1.165) is 16.3 Å². The molecule has 0 unspecified atom stereocenters. The molecule has 1 aliphatic rings. The normalized spacial score (nSPS) is 14.4. The Labute approximate surface area is 216 Å². The minimum Gasteiger partial charge on any atom is -0.493 e. The van der Waals surface area contributed by atoms with Gasteiger partial charge in [0.25, 0.3) is 11.8 Å². The number of hydrogen-bond donors (Lipinski definition) is 2. The molecular formula is C26H24F2N8O2. The van der Waals surface area contributed by atoms with Gasteiger partial charge in [0.2, 0.25) is 0 Å². The number of nitrogens with zero attached hydrogens (tertiary/aromatic N) is 6. The van der Waals surface area contributed by atoms with E-state index in [9.17, 15) is 18.8 Å². The summed E-state index contributed by atoms with van der Waals surface area (Å²) in [6, 6.07) is 11.1. The number of carbonyl (C=O) groups excluding carboxylic acids is 1. The molecule has 3 aromatic heterocycles. The lowest BCUT2D eigenvalue weighted by Crippen LogP contribution is -2.26. The third-order valence-corrected chi connectivity index (χ3v) is 6.35. The maximum atomic E-state index is 13.7. The zero-order chi connectivity index (χ0) is 26.9. The van der Waals surface area contributed by atoms with Gasteiger partial charge in [-0.25, -0.2) is 18.7 Å². The molecule has 194 valence electrons. The summed E-state index contributed by atoms with van der Waals surface area (Å²) in [7, 11) is 1.45. The number of nitriles is 1. The number of nitrogen functional groups attached to an aromatic ring is 1. The number of amides is 1. The van der Waals surface area contributed by atoms with Crippen LogP contribution in [0.2, 0.25) is 0 Å². The fourth-order valence-corrected chi connectivity index (χ4v) is 4.45. The minimum absolute atomic E-state index is 0.0179. The minimum atomic E-state index is -2.76. The van der Waals surface area contributed by atoms with Gasteiger partial charge in [0.05, 0.1) is 25.8 Å². The van der Waals surface area contributed by atoms with Crippen molar-refractivity contribution >= 4 is 28.3 Å². The van der Waals surface area contributed by atoms with Crippen molar-refractivity contribution in [2.24, 2.45) is 0 Å². The quantitative estimate of drug-likeness (QED) is 0.381. The maximum absolute atomic E-state index is 13.7. The Hall–Kier alpha value is -4.79. The summed E-state index contributed by atoms with van der Waals surface area (Å²) in [5, 5.41) is 18.3. The maximum Gasteiger partial charge on any atom is 0.266 e. The second-order valence-corrected chi connectivity index (χ2v) is 9.03. The fraction of sp³-hybridized carbons (Fsp3) is 0.269. The number of anilines is 2. The number of hydrogen-bond acceptors (Lipinski definition) is 8. The molecule has 0 radical (unpaired) electrons. The molecule has 1 amide bonds. The zero-order valence-corrected chi connectivity index (χ0v) is 20.5. The second kappa shape index (κ2) is 9.93. The Kier molecular flexibility index (Phi) is 6.50. The van der Waals surface area contributed by atoms with Crippen molar-refractivity contribution in [1.82, 2.24) is 25.1 Å². The van der Waals surface area contributed by atoms with Gasteiger partial charge in [0, 0.05) is 43.5 Å². The van der Waals surface area contributed by atoms with E-state index < -0.39 is 18.4 Å². The summed E-state index contributed by atoms with van der Waals surface area (Å²) in [4.78, 5) is 22.8. The van der Waals surface area contributed by atoms with Crippen LogP contribution in [0, 0.1) is 11.3 Å². The highest BCUT2D eigenvalue weighted by molar-refractivity contribution is 5.96. The molecule has 1 fully saturated rings. The Morgan fingerprint density at radius 2 is 2.11 bits per heavy atom. The van der Waals surface area contributed by atoms with Gasteiger partial charge in [0.1, 0.15) is 11.9 Å². The Morgan fingerprint density at radius 3 is 2.84 bits per heavy atom. The van der Waals surface area contributed by atoms with Gasteiger partial charge < -0.3 is 20.7 Å². The molecule has 5 rings (SSSR count). The lowest BCUT2D eigenvalue weighted by atomic mass is 10.1. The van der Waals surface area contributed by atoms with Gasteiger partial charge in [-0.05, 0) is 34.7 Å². The monoisotopic (exact) mass is 518 g/mol. The number of nitrogens with one attached hydrogen (secondary N) is 1. The Bertz CT molecular complexity index is 1560. The Balaban J connectivity index is 1.29. The van der Waals surface area contributed by atoms with E-state index in [-0.39, 0.29) is 37.3 Å². The summed E-state index contributed by atoms with van der Waals surface area (Å²) < 4.78 is 34.2. The number of ether oxygens (including phenoxy) is 1. The molecule has 3 N–H and O–H groups in total. The van der Waals surface area contributed by atoms with Gasteiger partial charge in [-0.1, -0.05) is 12.1 Å². The largest absolute Gasteiger partial charge is 0.493 e. The molecule has 1 saturated heterocycles. The number of carbonyl (C=O) groups is 1. The molecule has 0 atom stereocenters. The van der Waals surface area contributed by atoms with E-state index >= 15 is 0 Å². The third-order valence-electron chi connectivity index (χ3n) is 6.35. The van der Waals surface area contributed by atoms with Gasteiger partial charge in [-0.2, -0.15) is 10.4 Å². The average Bonchev–Trinajstić information content (AvgIpc) is 3.49. The van der Waals surface area contributed by atoms with Crippen molar-refractivity contribution < 1.29 is 18.3 Å². The van der Waals surface area contributed by atoms with Gasteiger partial charge in [0.15, 0.2) is 17.3 Å². The number of pyridine rings is 2. The first-order chi connectivity index (χ1) is 18.3. The molecule has 4 heterocycles. The van der Waals surface area contributed by atoms with Gasteiger partial charge in [-0.3, -0.25) is 9.48 Å². The zero-order valence-electron chi connectivity index (χ0n) is 20.5. The topological polar surface area (TPSA) is 135 Å². The van der Waals surface area contributed by atoms with Crippen LogP contribution in [0.4, 0.5) is 20.4 Å². The SMILES string of the molecule is COc1cc(Cn2cc(C(=O)NCc3ccc4c(N)nccc4c3)c(C#N)n2)cnc1N1CCC(F)(F)C1. The molecule has 0 bridgehead atoms. The van der Waals surface area contributed by atoms with Crippen LogP contribution in [0.25, 0.3) is 10.8 Å². The smallest absolute Gasteiger partial charge is 0.266 e. The van der Waals surface area contributed by atoms with Crippen molar-refractivity contribution in [3.63, 3.8) is 0 Å². The average molecular weight is 519 g/mol. The Morgan fingerprint density at radius 1 is 1.26 bits per heavy atom. The van der Waals surface area contributed by atoms with Crippen LogP contribution in [-0.2, 0) is 13.1 Å². The van der Waals surface area contributed by atoms with Crippen molar-refractivity contribution in [3.05, 3.63) is 71.3 Å². The number of aromatic nitrogens is 4. The van der Waals surface area contributed by atoms with Crippen molar-refractivity contribution in [2.75, 3.05) is 30.8 Å². The first kappa shape index (κ1) is 24.9. The number of rotatable bonds is 7. The number of nitrogens with two attached hydrogens (primary N) is 1. The van der Waals surface area contributed by atoms with E-state index in [1.807, 2.05) is 30.3 Å². The number of fused-ring (bicyclic) bond motifs is 1. The van der Waals surface area contributed by atoms with Crippen LogP contribution in [-0.4, -0.2) is 51.8 Å². The van der Waals surface area contributed by atoms with Gasteiger partial charge >= 0.3 is 0 Å². The number of halogens is 2. The van der Waals surface area contributed by atoms with Crippen molar-refractivity contribution in [3.8, 4) is 11.8 Å². The number of alkyl halides is 2. The molecule has 0 saturated carbocycles. The summed E-state index contributed by atoms with van der Waals surface area (Å²) in [6.45, 7) is 0.208. The van der Waals surface area contributed by atoms with Crippen LogP contribution < -0.4 is 20.7 Å².